The molecule has 1 fully saturated rings. The first-order valence-electron chi connectivity index (χ1n) is 12.0. The largest absolute Gasteiger partial charge is 0.439 e. The summed E-state index contributed by atoms with van der Waals surface area (Å²) >= 11 is 0. The molecule has 2 aromatic carbocycles. The molecule has 1 nitrogen and oxygen atoms in total. The van der Waals surface area contributed by atoms with Gasteiger partial charge in [-0.15, -0.1) is 0 Å². The highest BCUT2D eigenvalue weighted by Crippen LogP contribution is 2.38. The van der Waals surface area contributed by atoms with Crippen LogP contribution in [0.4, 0.5) is 26.3 Å². The van der Waals surface area contributed by atoms with Gasteiger partial charge in [-0.2, -0.15) is 22.0 Å². The minimum absolute atomic E-state index is 0.519. The second kappa shape index (κ2) is 11.5. The third kappa shape index (κ3) is 7.41. The zero-order valence-electron chi connectivity index (χ0n) is 19.4. The molecule has 0 heterocycles. The van der Waals surface area contributed by atoms with Crippen molar-refractivity contribution in [1.29, 1.82) is 0 Å². The standard InChI is InChI=1S/C27H32F6O/c1-2-3-4-19-7-13-22(14-8-19)23-15-9-20(10-16-23)5-6-21-11-17-24(18-12-21)34-27(32,33)25(28)26(29,30)31/h9-12,15-19,22,25H,2-8,13-14H2,1H3. The molecule has 0 bridgehead atoms. The van der Waals surface area contributed by atoms with Gasteiger partial charge in [-0.1, -0.05) is 62.6 Å². The van der Waals surface area contributed by atoms with Gasteiger partial charge in [-0.05, 0) is 79.2 Å². The van der Waals surface area contributed by atoms with E-state index in [1.165, 1.54) is 62.6 Å². The van der Waals surface area contributed by atoms with E-state index < -0.39 is 24.2 Å². The molecule has 1 unspecified atom stereocenters. The minimum Gasteiger partial charge on any atom is -0.430 e. The molecule has 34 heavy (non-hydrogen) atoms. The number of unbranched alkanes of at least 4 members (excludes halogenated alkanes) is 1. The fourth-order valence-electron chi connectivity index (χ4n) is 4.65. The molecule has 0 N–H and O–H groups in total. The molecule has 1 aliphatic carbocycles. The molecule has 0 aromatic heterocycles. The first-order chi connectivity index (χ1) is 16.1. The lowest BCUT2D eigenvalue weighted by Crippen LogP contribution is -2.45. The monoisotopic (exact) mass is 486 g/mol. The van der Waals surface area contributed by atoms with Gasteiger partial charge in [0.25, 0.3) is 6.17 Å². The van der Waals surface area contributed by atoms with Crippen molar-refractivity contribution in [2.45, 2.75) is 89.1 Å². The van der Waals surface area contributed by atoms with E-state index in [-0.39, 0.29) is 0 Å². The second-order valence-electron chi connectivity index (χ2n) is 9.31. The van der Waals surface area contributed by atoms with Crippen molar-refractivity contribution in [3.63, 3.8) is 0 Å². The van der Waals surface area contributed by atoms with Crippen molar-refractivity contribution in [1.82, 2.24) is 0 Å². The lowest BCUT2D eigenvalue weighted by atomic mass is 9.77. The molecule has 0 saturated heterocycles. The highest BCUT2D eigenvalue weighted by atomic mass is 19.4. The highest BCUT2D eigenvalue weighted by molar-refractivity contribution is 5.30. The Balaban J connectivity index is 1.48. The maximum absolute atomic E-state index is 13.4. The summed E-state index contributed by atoms with van der Waals surface area (Å²) in [6, 6.07) is 13.9. The van der Waals surface area contributed by atoms with Crippen molar-refractivity contribution >= 4 is 0 Å². The van der Waals surface area contributed by atoms with Crippen LogP contribution in [-0.2, 0) is 12.8 Å². The van der Waals surface area contributed by atoms with Crippen molar-refractivity contribution in [3.8, 4) is 5.75 Å². The van der Waals surface area contributed by atoms with Crippen LogP contribution in [0.25, 0.3) is 0 Å². The van der Waals surface area contributed by atoms with Crippen molar-refractivity contribution in [2.24, 2.45) is 5.92 Å². The zero-order valence-corrected chi connectivity index (χ0v) is 19.4. The van der Waals surface area contributed by atoms with Crippen LogP contribution in [0.5, 0.6) is 5.75 Å². The van der Waals surface area contributed by atoms with Crippen LogP contribution in [0.2, 0.25) is 0 Å². The summed E-state index contributed by atoms with van der Waals surface area (Å²) in [4.78, 5) is 0. The zero-order chi connectivity index (χ0) is 24.8. The molecular formula is C27H32F6O. The van der Waals surface area contributed by atoms with E-state index in [0.29, 0.717) is 12.3 Å². The fourth-order valence-corrected chi connectivity index (χ4v) is 4.65. The molecule has 1 aliphatic rings. The average Bonchev–Trinajstić information content (AvgIpc) is 2.82. The Morgan fingerprint density at radius 2 is 1.35 bits per heavy atom. The maximum Gasteiger partial charge on any atom is 0.439 e. The molecule has 2 aromatic rings. The Morgan fingerprint density at radius 1 is 0.824 bits per heavy atom. The molecule has 7 heteroatoms. The number of rotatable bonds is 10. The number of aryl methyl sites for hydroxylation is 2. The number of hydrogen-bond donors (Lipinski definition) is 0. The first kappa shape index (κ1) is 26.4. The fraction of sp³-hybridized carbons (Fsp3) is 0.556. The predicted molar refractivity (Wildman–Crippen MR) is 121 cm³/mol. The van der Waals surface area contributed by atoms with Crippen LogP contribution < -0.4 is 4.74 Å². The second-order valence-corrected chi connectivity index (χ2v) is 9.31. The van der Waals surface area contributed by atoms with Gasteiger partial charge in [-0.25, -0.2) is 4.39 Å². The Morgan fingerprint density at radius 3 is 1.85 bits per heavy atom. The van der Waals surface area contributed by atoms with E-state index in [1.54, 1.807) is 0 Å². The molecule has 3 rings (SSSR count). The average molecular weight is 487 g/mol. The van der Waals surface area contributed by atoms with Crippen LogP contribution in [0.15, 0.2) is 48.5 Å². The van der Waals surface area contributed by atoms with E-state index >= 15 is 0 Å². The normalized spacial score (nSPS) is 20.2. The minimum atomic E-state index is -5.70. The van der Waals surface area contributed by atoms with E-state index in [2.05, 4.69) is 35.9 Å². The quantitative estimate of drug-likeness (QED) is 0.305. The number of ether oxygens (including phenoxy) is 1. The summed E-state index contributed by atoms with van der Waals surface area (Å²) in [6.45, 7) is 2.24. The number of halogens is 6. The van der Waals surface area contributed by atoms with E-state index in [4.69, 9.17) is 0 Å². The molecule has 1 saturated carbocycles. The van der Waals surface area contributed by atoms with E-state index in [9.17, 15) is 26.3 Å². The van der Waals surface area contributed by atoms with Crippen LogP contribution in [-0.4, -0.2) is 18.5 Å². The van der Waals surface area contributed by atoms with Crippen LogP contribution in [0.3, 0.4) is 0 Å². The van der Waals surface area contributed by atoms with Gasteiger partial charge in [0, 0.05) is 0 Å². The summed E-state index contributed by atoms with van der Waals surface area (Å²) in [5, 5.41) is 0. The SMILES string of the molecule is CCCCC1CCC(c2ccc(CCc3ccc(OC(F)(F)C(F)C(F)(F)F)cc3)cc2)CC1. The van der Waals surface area contributed by atoms with Gasteiger partial charge in [0.15, 0.2) is 0 Å². The molecule has 0 radical (unpaired) electrons. The molecule has 0 spiro atoms. The van der Waals surface area contributed by atoms with Gasteiger partial charge < -0.3 is 4.74 Å². The van der Waals surface area contributed by atoms with Crippen molar-refractivity contribution in [2.75, 3.05) is 0 Å². The lowest BCUT2D eigenvalue weighted by Gasteiger charge is -2.29. The van der Waals surface area contributed by atoms with Crippen molar-refractivity contribution in [3.05, 3.63) is 65.2 Å². The van der Waals surface area contributed by atoms with E-state index in [1.807, 2.05) is 0 Å². The van der Waals surface area contributed by atoms with Crippen LogP contribution >= 0.6 is 0 Å². The highest BCUT2D eigenvalue weighted by Gasteiger charge is 2.59. The summed E-state index contributed by atoms with van der Waals surface area (Å²) in [5.74, 6) is 0.981. The van der Waals surface area contributed by atoms with E-state index in [0.717, 1.165) is 35.6 Å². The van der Waals surface area contributed by atoms with Gasteiger partial charge in [0.1, 0.15) is 5.75 Å². The Bertz CT molecular complexity index is 867. The third-order valence-corrected chi connectivity index (χ3v) is 6.73. The molecular weight excluding hydrogens is 454 g/mol. The van der Waals surface area contributed by atoms with Gasteiger partial charge >= 0.3 is 12.3 Å². The maximum atomic E-state index is 13.4. The summed E-state index contributed by atoms with van der Waals surface area (Å²) in [7, 11) is 0. The summed E-state index contributed by atoms with van der Waals surface area (Å²) in [6.07, 6.45) is -4.68. The number of hydrogen-bond acceptors (Lipinski definition) is 1. The molecule has 1 atom stereocenters. The lowest BCUT2D eigenvalue weighted by molar-refractivity contribution is -0.304. The Kier molecular flexibility index (Phi) is 8.94. The topological polar surface area (TPSA) is 9.23 Å². The molecule has 188 valence electrons. The molecule has 0 aliphatic heterocycles. The van der Waals surface area contributed by atoms with Gasteiger partial charge in [-0.3, -0.25) is 0 Å². The third-order valence-electron chi connectivity index (χ3n) is 6.73. The van der Waals surface area contributed by atoms with Gasteiger partial charge in [0.05, 0.1) is 0 Å². The summed E-state index contributed by atoms with van der Waals surface area (Å²) in [5.41, 5.74) is 3.35. The van der Waals surface area contributed by atoms with Gasteiger partial charge in [0.2, 0.25) is 0 Å². The predicted octanol–water partition coefficient (Wildman–Crippen LogP) is 8.81. The first-order valence-corrected chi connectivity index (χ1v) is 12.0. The Hall–Kier alpha value is -2.18. The summed E-state index contributed by atoms with van der Waals surface area (Å²) < 4.78 is 80.4. The van der Waals surface area contributed by atoms with Crippen LogP contribution in [0.1, 0.15) is 74.5 Å². The Labute approximate surface area is 197 Å². The number of benzene rings is 2. The van der Waals surface area contributed by atoms with Crippen LogP contribution in [0, 0.1) is 5.92 Å². The molecule has 0 amide bonds. The number of alkyl halides is 6. The smallest absolute Gasteiger partial charge is 0.430 e. The van der Waals surface area contributed by atoms with Crippen molar-refractivity contribution < 1.29 is 31.1 Å².